The number of aromatic amines is 1. The fourth-order valence-electron chi connectivity index (χ4n) is 3.25. The summed E-state index contributed by atoms with van der Waals surface area (Å²) in [4.78, 5) is 14.7. The lowest BCUT2D eigenvalue weighted by Gasteiger charge is -2.37. The van der Waals surface area contributed by atoms with Crippen LogP contribution in [0.15, 0.2) is 48.8 Å². The van der Waals surface area contributed by atoms with Crippen LogP contribution in [-0.4, -0.2) is 54.2 Å². The van der Waals surface area contributed by atoms with Crippen molar-refractivity contribution < 1.29 is 9.90 Å². The Morgan fingerprint density at radius 1 is 1.24 bits per heavy atom. The van der Waals surface area contributed by atoms with E-state index in [0.29, 0.717) is 30.8 Å². The molecule has 1 aromatic carbocycles. The number of β-amino-alcohol motifs (C(OH)–C–C–N with tert-alkyl or cyclic N) is 1. The van der Waals surface area contributed by atoms with E-state index in [2.05, 4.69) is 20.5 Å². The maximum absolute atomic E-state index is 13.0. The molecule has 1 unspecified atom stereocenters. The molecule has 25 heavy (non-hydrogen) atoms. The van der Waals surface area contributed by atoms with E-state index in [1.54, 1.807) is 21.8 Å². The minimum atomic E-state index is -1.18. The van der Waals surface area contributed by atoms with E-state index in [4.69, 9.17) is 0 Å². The lowest BCUT2D eigenvalue weighted by molar-refractivity contribution is -0.0322. The summed E-state index contributed by atoms with van der Waals surface area (Å²) in [5, 5.41) is 25.4. The average molecular weight is 338 g/mol. The highest BCUT2D eigenvalue weighted by Crippen LogP contribution is 2.30. The highest BCUT2D eigenvalue weighted by molar-refractivity contribution is 5.93. The fourth-order valence-corrected chi connectivity index (χ4v) is 3.25. The molecular formula is C17H18N6O2. The number of aliphatic hydroxyl groups is 1. The number of para-hydroxylation sites is 1. The van der Waals surface area contributed by atoms with Crippen molar-refractivity contribution in [3.8, 4) is 5.69 Å². The molecule has 1 aliphatic heterocycles. The molecular weight excluding hydrogens is 320 g/mol. The molecule has 0 spiro atoms. The average Bonchev–Trinajstić information content (AvgIpc) is 3.34. The Morgan fingerprint density at radius 2 is 2.08 bits per heavy atom. The van der Waals surface area contributed by atoms with Crippen molar-refractivity contribution in [3.05, 3.63) is 60.2 Å². The van der Waals surface area contributed by atoms with Crippen molar-refractivity contribution >= 4 is 5.91 Å². The number of nitrogens with one attached hydrogen (secondary N) is 1. The predicted octanol–water partition coefficient (Wildman–Crippen LogP) is 1.11. The SMILES string of the molecule is O=C(c1ccnn1-c1ccccc1)N1CCCC(O)(c2cn[nH]n2)C1. The molecule has 128 valence electrons. The van der Waals surface area contributed by atoms with Gasteiger partial charge < -0.3 is 10.0 Å². The minimum Gasteiger partial charge on any atom is -0.382 e. The van der Waals surface area contributed by atoms with E-state index in [-0.39, 0.29) is 12.5 Å². The molecule has 1 amide bonds. The third-order valence-corrected chi connectivity index (χ3v) is 4.51. The van der Waals surface area contributed by atoms with Crippen molar-refractivity contribution in [1.29, 1.82) is 0 Å². The third kappa shape index (κ3) is 2.80. The second-order valence-corrected chi connectivity index (χ2v) is 6.18. The van der Waals surface area contributed by atoms with Crippen molar-refractivity contribution in [2.24, 2.45) is 0 Å². The van der Waals surface area contributed by atoms with E-state index >= 15 is 0 Å². The van der Waals surface area contributed by atoms with Crippen LogP contribution in [0.25, 0.3) is 5.69 Å². The Bertz CT molecular complexity index is 860. The number of benzene rings is 1. The molecule has 0 saturated carbocycles. The van der Waals surface area contributed by atoms with E-state index in [1.165, 1.54) is 6.20 Å². The van der Waals surface area contributed by atoms with Gasteiger partial charge in [0.25, 0.3) is 5.91 Å². The highest BCUT2D eigenvalue weighted by atomic mass is 16.3. The Balaban J connectivity index is 1.61. The molecule has 2 aromatic heterocycles. The molecule has 2 N–H and O–H groups in total. The number of aromatic nitrogens is 5. The lowest BCUT2D eigenvalue weighted by Crippen LogP contribution is -2.49. The number of H-pyrrole nitrogens is 1. The van der Waals surface area contributed by atoms with Crippen LogP contribution >= 0.6 is 0 Å². The van der Waals surface area contributed by atoms with Gasteiger partial charge in [-0.15, -0.1) is 0 Å². The molecule has 3 aromatic rings. The zero-order chi connectivity index (χ0) is 17.3. The molecule has 1 aliphatic rings. The van der Waals surface area contributed by atoms with E-state index in [1.807, 2.05) is 30.3 Å². The maximum Gasteiger partial charge on any atom is 0.272 e. The molecule has 3 heterocycles. The summed E-state index contributed by atoms with van der Waals surface area (Å²) in [6.45, 7) is 0.761. The second-order valence-electron chi connectivity index (χ2n) is 6.18. The molecule has 0 radical (unpaired) electrons. The van der Waals surface area contributed by atoms with E-state index in [0.717, 1.165) is 5.69 Å². The molecule has 8 heteroatoms. The van der Waals surface area contributed by atoms with Gasteiger partial charge in [0.15, 0.2) is 0 Å². The summed E-state index contributed by atoms with van der Waals surface area (Å²) in [5.74, 6) is -0.164. The number of nitrogens with zero attached hydrogens (tertiary/aromatic N) is 5. The van der Waals surface area contributed by atoms with Crippen LogP contribution in [0.3, 0.4) is 0 Å². The van der Waals surface area contributed by atoms with Crippen LogP contribution in [0.1, 0.15) is 29.0 Å². The van der Waals surface area contributed by atoms with Crippen LogP contribution in [0, 0.1) is 0 Å². The Morgan fingerprint density at radius 3 is 2.84 bits per heavy atom. The first-order chi connectivity index (χ1) is 12.2. The molecule has 8 nitrogen and oxygen atoms in total. The summed E-state index contributed by atoms with van der Waals surface area (Å²) in [5.41, 5.74) is 0.565. The summed E-state index contributed by atoms with van der Waals surface area (Å²) in [6, 6.07) is 11.2. The summed E-state index contributed by atoms with van der Waals surface area (Å²) < 4.78 is 1.62. The summed E-state index contributed by atoms with van der Waals surface area (Å²) >= 11 is 0. The largest absolute Gasteiger partial charge is 0.382 e. The first kappa shape index (κ1) is 15.5. The van der Waals surface area contributed by atoms with Crippen LogP contribution in [0.2, 0.25) is 0 Å². The predicted molar refractivity (Wildman–Crippen MR) is 89.0 cm³/mol. The van der Waals surface area contributed by atoms with Gasteiger partial charge in [0.05, 0.1) is 24.6 Å². The van der Waals surface area contributed by atoms with Gasteiger partial charge in [-0.25, -0.2) is 4.68 Å². The number of piperidine rings is 1. The molecule has 4 rings (SSSR count). The van der Waals surface area contributed by atoms with Crippen molar-refractivity contribution in [2.75, 3.05) is 13.1 Å². The Kier molecular flexibility index (Phi) is 3.81. The van der Waals surface area contributed by atoms with Gasteiger partial charge in [0, 0.05) is 6.54 Å². The molecule has 1 fully saturated rings. The smallest absolute Gasteiger partial charge is 0.272 e. The quantitative estimate of drug-likeness (QED) is 0.745. The normalized spacial score (nSPS) is 20.6. The molecule has 0 aliphatic carbocycles. The summed E-state index contributed by atoms with van der Waals surface area (Å²) in [7, 11) is 0. The van der Waals surface area contributed by atoms with Gasteiger partial charge in [0.1, 0.15) is 17.0 Å². The van der Waals surface area contributed by atoms with Gasteiger partial charge in [-0.3, -0.25) is 4.79 Å². The van der Waals surface area contributed by atoms with Crippen LogP contribution < -0.4 is 0 Å². The van der Waals surface area contributed by atoms with Gasteiger partial charge in [-0.1, -0.05) is 18.2 Å². The monoisotopic (exact) mass is 338 g/mol. The van der Waals surface area contributed by atoms with Gasteiger partial charge in [-0.2, -0.15) is 20.5 Å². The van der Waals surface area contributed by atoms with E-state index in [9.17, 15) is 9.90 Å². The number of carbonyl (C=O) groups is 1. The van der Waals surface area contributed by atoms with Gasteiger partial charge >= 0.3 is 0 Å². The fraction of sp³-hybridized carbons (Fsp3) is 0.294. The van der Waals surface area contributed by atoms with E-state index < -0.39 is 5.60 Å². The van der Waals surface area contributed by atoms with Gasteiger partial charge in [0.2, 0.25) is 0 Å². The number of hydrogen-bond donors (Lipinski definition) is 2. The van der Waals surface area contributed by atoms with Crippen LogP contribution in [0.4, 0.5) is 0 Å². The van der Waals surface area contributed by atoms with Crippen LogP contribution in [0.5, 0.6) is 0 Å². The molecule has 1 atom stereocenters. The third-order valence-electron chi connectivity index (χ3n) is 4.51. The van der Waals surface area contributed by atoms with Gasteiger partial charge in [-0.05, 0) is 31.0 Å². The Hall–Kier alpha value is -3.00. The zero-order valence-corrected chi connectivity index (χ0v) is 13.5. The van der Waals surface area contributed by atoms with Crippen molar-refractivity contribution in [1.82, 2.24) is 30.1 Å². The highest BCUT2D eigenvalue weighted by Gasteiger charge is 2.39. The summed E-state index contributed by atoms with van der Waals surface area (Å²) in [6.07, 6.45) is 4.34. The molecule has 1 saturated heterocycles. The first-order valence-corrected chi connectivity index (χ1v) is 8.15. The number of carbonyl (C=O) groups excluding carboxylic acids is 1. The Labute approximate surface area is 144 Å². The van der Waals surface area contributed by atoms with Crippen molar-refractivity contribution in [3.63, 3.8) is 0 Å². The maximum atomic E-state index is 13.0. The number of hydrogen-bond acceptors (Lipinski definition) is 5. The van der Waals surface area contributed by atoms with Crippen LogP contribution in [-0.2, 0) is 5.60 Å². The minimum absolute atomic E-state index is 0.164. The first-order valence-electron chi connectivity index (χ1n) is 8.15. The number of rotatable bonds is 3. The topological polar surface area (TPSA) is 99.9 Å². The molecule has 0 bridgehead atoms. The second kappa shape index (κ2) is 6.14. The lowest BCUT2D eigenvalue weighted by atomic mass is 9.90. The number of likely N-dealkylation sites (tertiary alicyclic amines) is 1. The van der Waals surface area contributed by atoms with Crippen molar-refractivity contribution in [2.45, 2.75) is 18.4 Å². The number of amides is 1. The standard InChI is InChI=1S/C17H18N6O2/c24-16(14-7-9-19-23(14)13-5-2-1-3-6-13)22-10-4-8-17(25,12-22)15-11-18-21-20-15/h1-3,5-7,9,11,25H,4,8,10,12H2,(H,18,20,21). The zero-order valence-electron chi connectivity index (χ0n) is 13.5.